The molecule has 1 heterocycles. The monoisotopic (exact) mass is 287 g/mol. The van der Waals surface area contributed by atoms with E-state index in [1.54, 1.807) is 6.07 Å². The molecule has 0 saturated carbocycles. The van der Waals surface area contributed by atoms with Gasteiger partial charge in [-0.15, -0.1) is 0 Å². The molecule has 1 amide bonds. The third-order valence-electron chi connectivity index (χ3n) is 3.64. The summed E-state index contributed by atoms with van der Waals surface area (Å²) in [6.45, 7) is 3.43. The second-order valence-corrected chi connectivity index (χ2v) is 5.45. The van der Waals surface area contributed by atoms with Crippen LogP contribution in [0.1, 0.15) is 42.1 Å². The maximum Gasteiger partial charge on any atom is 0.252 e. The van der Waals surface area contributed by atoms with Crippen LogP contribution in [-0.4, -0.2) is 36.4 Å². The quantitative estimate of drug-likeness (QED) is 0.832. The second-order valence-electron chi connectivity index (χ2n) is 5.45. The van der Waals surface area contributed by atoms with Gasteiger partial charge in [-0.1, -0.05) is 24.0 Å². The smallest absolute Gasteiger partial charge is 0.252 e. The molecular formula is C17H21NO3. The number of hydrogen-bond acceptors (Lipinski definition) is 3. The minimum absolute atomic E-state index is 0.0272. The molecule has 0 aliphatic carbocycles. The van der Waals surface area contributed by atoms with Crippen LogP contribution in [0.2, 0.25) is 0 Å². The van der Waals surface area contributed by atoms with Crippen LogP contribution in [0.15, 0.2) is 24.3 Å². The molecule has 1 saturated heterocycles. The van der Waals surface area contributed by atoms with E-state index in [4.69, 9.17) is 9.84 Å². The number of rotatable bonds is 3. The summed E-state index contributed by atoms with van der Waals surface area (Å²) in [5, 5.41) is 11.9. The molecular weight excluding hydrogens is 266 g/mol. The number of hydrogen-bond donors (Lipinski definition) is 2. The van der Waals surface area contributed by atoms with Crippen molar-refractivity contribution in [3.8, 4) is 11.8 Å². The molecule has 4 nitrogen and oxygen atoms in total. The summed E-state index contributed by atoms with van der Waals surface area (Å²) >= 11 is 0. The fraction of sp³-hybridized carbons (Fsp3) is 0.471. The average Bonchev–Trinajstić information content (AvgIpc) is 2.48. The summed E-state index contributed by atoms with van der Waals surface area (Å²) in [6.07, 6.45) is 2.04. The van der Waals surface area contributed by atoms with E-state index in [0.29, 0.717) is 30.8 Å². The normalized spacial score (nSPS) is 16.7. The van der Waals surface area contributed by atoms with E-state index >= 15 is 0 Å². The van der Waals surface area contributed by atoms with Gasteiger partial charge in [-0.3, -0.25) is 4.79 Å². The van der Waals surface area contributed by atoms with Crippen molar-refractivity contribution in [3.05, 3.63) is 35.4 Å². The highest BCUT2D eigenvalue weighted by Gasteiger charge is 2.29. The fourth-order valence-electron chi connectivity index (χ4n) is 2.29. The number of amides is 1. The molecule has 2 rings (SSSR count). The first-order valence-corrected chi connectivity index (χ1v) is 7.24. The van der Waals surface area contributed by atoms with Crippen LogP contribution >= 0.6 is 0 Å². The number of carbonyl (C=O) groups is 1. The van der Waals surface area contributed by atoms with Gasteiger partial charge in [0, 0.05) is 30.7 Å². The summed E-state index contributed by atoms with van der Waals surface area (Å²) in [5.74, 6) is 5.71. The topological polar surface area (TPSA) is 58.6 Å². The first-order chi connectivity index (χ1) is 10.1. The molecule has 21 heavy (non-hydrogen) atoms. The first-order valence-electron chi connectivity index (χ1n) is 7.24. The number of carbonyl (C=O) groups excluding carboxylic acids is 1. The number of benzene rings is 1. The minimum Gasteiger partial charge on any atom is -0.395 e. The molecule has 1 fully saturated rings. The van der Waals surface area contributed by atoms with E-state index in [0.717, 1.165) is 12.8 Å². The van der Waals surface area contributed by atoms with Crippen LogP contribution in [0, 0.1) is 11.8 Å². The lowest BCUT2D eigenvalue weighted by molar-refractivity contribution is 0.0423. The van der Waals surface area contributed by atoms with E-state index in [1.807, 2.05) is 25.1 Å². The number of aliphatic hydroxyl groups excluding tert-OH is 1. The highest BCUT2D eigenvalue weighted by molar-refractivity contribution is 5.97. The van der Waals surface area contributed by atoms with Crippen molar-refractivity contribution in [1.82, 2.24) is 5.32 Å². The average molecular weight is 287 g/mol. The van der Waals surface area contributed by atoms with Gasteiger partial charge < -0.3 is 15.2 Å². The van der Waals surface area contributed by atoms with Crippen molar-refractivity contribution in [3.63, 3.8) is 0 Å². The predicted octanol–water partition coefficient (Wildman–Crippen LogP) is 1.72. The standard InChI is InChI=1S/C17H21NO3/c1-17(9-12-21-13-10-17)18-16(20)15-8-3-2-6-14(15)7-4-5-11-19/h2-3,6,8,19H,5,9-13H2,1H3,(H,18,20). The Labute approximate surface area is 125 Å². The molecule has 1 aromatic rings. The Morgan fingerprint density at radius 1 is 1.38 bits per heavy atom. The lowest BCUT2D eigenvalue weighted by Gasteiger charge is -2.34. The summed E-state index contributed by atoms with van der Waals surface area (Å²) in [4.78, 5) is 12.5. The SMILES string of the molecule is CC1(NC(=O)c2ccccc2C#CCCO)CCOCC1. The largest absolute Gasteiger partial charge is 0.395 e. The maximum atomic E-state index is 12.5. The van der Waals surface area contributed by atoms with Crippen molar-refractivity contribution < 1.29 is 14.6 Å². The number of aliphatic hydroxyl groups is 1. The van der Waals surface area contributed by atoms with Crippen molar-refractivity contribution in [1.29, 1.82) is 0 Å². The Morgan fingerprint density at radius 2 is 2.10 bits per heavy atom. The molecule has 1 aliphatic heterocycles. The van der Waals surface area contributed by atoms with Gasteiger partial charge in [-0.25, -0.2) is 0 Å². The van der Waals surface area contributed by atoms with Gasteiger partial charge in [0.2, 0.25) is 0 Å². The molecule has 2 N–H and O–H groups in total. The molecule has 0 atom stereocenters. The lowest BCUT2D eigenvalue weighted by atomic mass is 9.92. The third-order valence-corrected chi connectivity index (χ3v) is 3.64. The summed E-state index contributed by atoms with van der Waals surface area (Å²) < 4.78 is 5.34. The van der Waals surface area contributed by atoms with E-state index in [9.17, 15) is 4.79 Å². The van der Waals surface area contributed by atoms with E-state index in [-0.39, 0.29) is 18.1 Å². The molecule has 0 radical (unpaired) electrons. The van der Waals surface area contributed by atoms with Crippen LogP contribution in [0.5, 0.6) is 0 Å². The molecule has 1 aliphatic rings. The lowest BCUT2D eigenvalue weighted by Crippen LogP contribution is -2.49. The van der Waals surface area contributed by atoms with Crippen LogP contribution in [-0.2, 0) is 4.74 Å². The number of nitrogens with one attached hydrogen (secondary N) is 1. The van der Waals surface area contributed by atoms with Crippen molar-refractivity contribution in [2.45, 2.75) is 31.7 Å². The highest BCUT2D eigenvalue weighted by Crippen LogP contribution is 2.21. The zero-order valence-corrected chi connectivity index (χ0v) is 12.3. The Hall–Kier alpha value is -1.83. The molecule has 1 aromatic carbocycles. The maximum absolute atomic E-state index is 12.5. The molecule has 112 valence electrons. The van der Waals surface area contributed by atoms with Gasteiger partial charge in [0.05, 0.1) is 12.2 Å². The van der Waals surface area contributed by atoms with E-state index in [2.05, 4.69) is 17.2 Å². The van der Waals surface area contributed by atoms with E-state index in [1.165, 1.54) is 0 Å². The van der Waals surface area contributed by atoms with Gasteiger partial charge in [0.1, 0.15) is 0 Å². The van der Waals surface area contributed by atoms with Crippen molar-refractivity contribution >= 4 is 5.91 Å². The summed E-state index contributed by atoms with van der Waals surface area (Å²) in [6, 6.07) is 7.29. The molecule has 0 bridgehead atoms. The Morgan fingerprint density at radius 3 is 2.81 bits per heavy atom. The Kier molecular flexibility index (Phi) is 5.38. The second kappa shape index (κ2) is 7.26. The first kappa shape index (κ1) is 15.6. The van der Waals surface area contributed by atoms with Crippen LogP contribution in [0.25, 0.3) is 0 Å². The molecule has 0 aromatic heterocycles. The molecule has 0 unspecified atom stereocenters. The van der Waals surface area contributed by atoms with Crippen molar-refractivity contribution in [2.24, 2.45) is 0 Å². The number of ether oxygens (including phenoxy) is 1. The Bertz CT molecular complexity index is 551. The minimum atomic E-state index is -0.221. The van der Waals surface area contributed by atoms with Gasteiger partial charge in [-0.05, 0) is 31.9 Å². The van der Waals surface area contributed by atoms with Crippen LogP contribution < -0.4 is 5.32 Å². The van der Waals surface area contributed by atoms with Gasteiger partial charge in [-0.2, -0.15) is 0 Å². The molecule has 4 heteroatoms. The predicted molar refractivity (Wildman–Crippen MR) is 80.9 cm³/mol. The summed E-state index contributed by atoms with van der Waals surface area (Å²) in [7, 11) is 0. The van der Waals surface area contributed by atoms with Gasteiger partial charge >= 0.3 is 0 Å². The van der Waals surface area contributed by atoms with Gasteiger partial charge in [0.15, 0.2) is 0 Å². The van der Waals surface area contributed by atoms with Gasteiger partial charge in [0.25, 0.3) is 5.91 Å². The zero-order chi connectivity index (χ0) is 15.1. The van der Waals surface area contributed by atoms with Crippen molar-refractivity contribution in [2.75, 3.05) is 19.8 Å². The summed E-state index contributed by atoms with van der Waals surface area (Å²) in [5.41, 5.74) is 1.05. The highest BCUT2D eigenvalue weighted by atomic mass is 16.5. The van der Waals surface area contributed by atoms with E-state index < -0.39 is 0 Å². The van der Waals surface area contributed by atoms with Crippen LogP contribution in [0.4, 0.5) is 0 Å². The third kappa shape index (κ3) is 4.32. The Balaban J connectivity index is 2.14. The fourth-order valence-corrected chi connectivity index (χ4v) is 2.29. The van der Waals surface area contributed by atoms with Crippen LogP contribution in [0.3, 0.4) is 0 Å². The molecule has 0 spiro atoms. The zero-order valence-electron chi connectivity index (χ0n) is 12.3.